The highest BCUT2D eigenvalue weighted by molar-refractivity contribution is 6.38. The van der Waals surface area contributed by atoms with Crippen LogP contribution in [0.5, 0.6) is 0 Å². The third kappa shape index (κ3) is 4.43. The van der Waals surface area contributed by atoms with Crippen molar-refractivity contribution in [3.05, 3.63) is 200 Å². The van der Waals surface area contributed by atoms with Crippen LogP contribution in [0.1, 0.15) is 0 Å². The number of para-hydroxylation sites is 1. The molecule has 13 rings (SSSR count). The molecule has 2 heteroatoms. The lowest BCUT2D eigenvalue weighted by Gasteiger charge is -2.28. The van der Waals surface area contributed by atoms with Crippen molar-refractivity contribution in [1.29, 1.82) is 0 Å². The second kappa shape index (κ2) is 11.9. The predicted molar refractivity (Wildman–Crippen MR) is 248 cm³/mol. The van der Waals surface area contributed by atoms with Crippen LogP contribution < -0.4 is 4.90 Å². The zero-order chi connectivity index (χ0) is 37.9. The summed E-state index contributed by atoms with van der Waals surface area (Å²) >= 11 is 0. The normalized spacial score (nSPS) is 12.1. The smallest absolute Gasteiger partial charge is 0.136 e. The van der Waals surface area contributed by atoms with E-state index in [1.165, 1.54) is 81.0 Å². The maximum absolute atomic E-state index is 6.29. The molecule has 0 atom stereocenters. The Morgan fingerprint density at radius 2 is 0.810 bits per heavy atom. The fourth-order valence-electron chi connectivity index (χ4n) is 10.0. The van der Waals surface area contributed by atoms with Crippen molar-refractivity contribution in [3.8, 4) is 11.1 Å². The second-order valence-electron chi connectivity index (χ2n) is 15.6. The van der Waals surface area contributed by atoms with Crippen molar-refractivity contribution in [2.75, 3.05) is 4.90 Å². The van der Waals surface area contributed by atoms with Gasteiger partial charge in [-0.25, -0.2) is 0 Å². The van der Waals surface area contributed by atoms with Crippen LogP contribution in [-0.4, -0.2) is 0 Å². The molecule has 0 spiro atoms. The first-order valence-corrected chi connectivity index (χ1v) is 20.0. The highest BCUT2D eigenvalue weighted by atomic mass is 16.3. The van der Waals surface area contributed by atoms with Gasteiger partial charge in [-0.3, -0.25) is 0 Å². The van der Waals surface area contributed by atoms with Gasteiger partial charge >= 0.3 is 0 Å². The molecular weight excluding hydrogens is 703 g/mol. The summed E-state index contributed by atoms with van der Waals surface area (Å²) in [5.41, 5.74) is 7.48. The van der Waals surface area contributed by atoms with Crippen LogP contribution in [0.4, 0.5) is 17.1 Å². The summed E-state index contributed by atoms with van der Waals surface area (Å²) in [6.45, 7) is 0. The molecule has 268 valence electrons. The average Bonchev–Trinajstić information content (AvgIpc) is 3.67. The molecule has 58 heavy (non-hydrogen) atoms. The number of nitrogens with zero attached hydrogens (tertiary/aromatic N) is 1. The van der Waals surface area contributed by atoms with E-state index in [2.05, 4.69) is 193 Å². The third-order valence-electron chi connectivity index (χ3n) is 12.5. The summed E-state index contributed by atoms with van der Waals surface area (Å²) in [4.78, 5) is 2.46. The fraction of sp³-hybridized carbons (Fsp3) is 0. The summed E-state index contributed by atoms with van der Waals surface area (Å²) in [7, 11) is 0. The molecular formula is C56H33NO. The number of anilines is 3. The summed E-state index contributed by atoms with van der Waals surface area (Å²) in [5.74, 6) is 0. The minimum atomic E-state index is 0.904. The number of hydrogen-bond donors (Lipinski definition) is 0. The maximum atomic E-state index is 6.29. The second-order valence-corrected chi connectivity index (χ2v) is 15.6. The Balaban J connectivity index is 1.12. The van der Waals surface area contributed by atoms with Crippen molar-refractivity contribution in [1.82, 2.24) is 0 Å². The van der Waals surface area contributed by atoms with Gasteiger partial charge in [0.1, 0.15) is 11.2 Å². The van der Waals surface area contributed by atoms with Crippen molar-refractivity contribution in [3.63, 3.8) is 0 Å². The van der Waals surface area contributed by atoms with Gasteiger partial charge in [-0.15, -0.1) is 0 Å². The van der Waals surface area contributed by atoms with E-state index >= 15 is 0 Å². The van der Waals surface area contributed by atoms with E-state index in [9.17, 15) is 0 Å². The lowest BCUT2D eigenvalue weighted by Crippen LogP contribution is -2.11. The van der Waals surface area contributed by atoms with Gasteiger partial charge < -0.3 is 9.32 Å². The monoisotopic (exact) mass is 735 g/mol. The van der Waals surface area contributed by atoms with E-state index in [1.807, 2.05) is 12.1 Å². The molecule has 1 aromatic heterocycles. The summed E-state index contributed by atoms with van der Waals surface area (Å²) < 4.78 is 6.29. The maximum Gasteiger partial charge on any atom is 0.136 e. The number of benzene rings is 11. The van der Waals surface area contributed by atoms with Gasteiger partial charge in [0.25, 0.3) is 0 Å². The first kappa shape index (κ1) is 31.5. The predicted octanol–water partition coefficient (Wildman–Crippen LogP) is 16.2. The molecule has 0 N–H and O–H groups in total. The van der Waals surface area contributed by atoms with Crippen molar-refractivity contribution in [2.45, 2.75) is 0 Å². The average molecular weight is 736 g/mol. The summed E-state index contributed by atoms with van der Waals surface area (Å²) in [6, 6.07) is 73.6. The standard InChI is InChI=1S/C56H33NO/c1-2-11-38-32-41(31-26-34(38)10-1)57(40-29-27-35(28-30-40)42-16-9-23-51-55(42)48-15-3-4-22-50(48)58-51)49-33-39-14-7-19-44-43-17-5-12-36-24-25-37-13-6-18-45(53(37)52(36)43)46-20-8-21-47(49)56(46)54(39)44/h1-33H. The van der Waals surface area contributed by atoms with E-state index in [-0.39, 0.29) is 0 Å². The van der Waals surface area contributed by atoms with Crippen LogP contribution in [0, 0.1) is 0 Å². The van der Waals surface area contributed by atoms with Gasteiger partial charge in [-0.2, -0.15) is 0 Å². The molecule has 2 nitrogen and oxygen atoms in total. The van der Waals surface area contributed by atoms with E-state index < -0.39 is 0 Å². The molecule has 13 aromatic rings. The highest BCUT2D eigenvalue weighted by Gasteiger charge is 2.22. The first-order chi connectivity index (χ1) is 28.8. The van der Waals surface area contributed by atoms with Gasteiger partial charge in [0.05, 0.1) is 5.69 Å². The summed E-state index contributed by atoms with van der Waals surface area (Å²) in [6.07, 6.45) is 0. The molecule has 0 aliphatic rings. The third-order valence-corrected chi connectivity index (χ3v) is 12.5. The minimum absolute atomic E-state index is 0.904. The molecule has 0 saturated heterocycles. The molecule has 0 fully saturated rings. The number of fused-ring (bicyclic) bond motifs is 6. The highest BCUT2D eigenvalue weighted by Crippen LogP contribution is 2.48. The SMILES string of the molecule is c1ccc2cc(N(c3ccc(-c4cccc5oc6ccccc6c45)cc3)c3cc4cccc5c6cccc7ccc8cccc(c9cccc3c9c45)c8c76)ccc2c1. The van der Waals surface area contributed by atoms with E-state index in [0.717, 1.165) is 44.6 Å². The lowest BCUT2D eigenvalue weighted by molar-refractivity contribution is 0.669. The fourth-order valence-corrected chi connectivity index (χ4v) is 10.0. The van der Waals surface area contributed by atoms with E-state index in [1.54, 1.807) is 0 Å². The Kier molecular flexibility index (Phi) is 6.47. The van der Waals surface area contributed by atoms with Crippen LogP contribution in [-0.2, 0) is 0 Å². The summed E-state index contributed by atoms with van der Waals surface area (Å²) in [5, 5.41) is 20.0. The van der Waals surface area contributed by atoms with Gasteiger partial charge in [0.2, 0.25) is 0 Å². The molecule has 0 aliphatic heterocycles. The Labute approximate surface area is 333 Å². The largest absolute Gasteiger partial charge is 0.456 e. The van der Waals surface area contributed by atoms with Crippen LogP contribution in [0.25, 0.3) is 108 Å². The lowest BCUT2D eigenvalue weighted by atomic mass is 9.87. The molecule has 0 radical (unpaired) electrons. The molecule has 0 aliphatic carbocycles. The molecule has 0 amide bonds. The van der Waals surface area contributed by atoms with E-state index in [0.29, 0.717) is 0 Å². The Morgan fingerprint density at radius 3 is 1.57 bits per heavy atom. The number of furan rings is 1. The van der Waals surface area contributed by atoms with Crippen molar-refractivity contribution in [2.24, 2.45) is 0 Å². The first-order valence-electron chi connectivity index (χ1n) is 20.0. The van der Waals surface area contributed by atoms with E-state index in [4.69, 9.17) is 4.42 Å². The molecule has 12 aromatic carbocycles. The zero-order valence-electron chi connectivity index (χ0n) is 31.4. The topological polar surface area (TPSA) is 16.4 Å². The molecule has 0 bridgehead atoms. The van der Waals surface area contributed by atoms with Crippen LogP contribution in [0.3, 0.4) is 0 Å². The molecule has 1 heterocycles. The van der Waals surface area contributed by atoms with Crippen molar-refractivity contribution < 1.29 is 4.42 Å². The Bertz CT molecular complexity index is 3800. The van der Waals surface area contributed by atoms with Crippen LogP contribution in [0.2, 0.25) is 0 Å². The zero-order valence-corrected chi connectivity index (χ0v) is 31.4. The van der Waals surface area contributed by atoms with Crippen LogP contribution in [0.15, 0.2) is 205 Å². The Morgan fingerprint density at radius 1 is 0.293 bits per heavy atom. The quantitative estimate of drug-likeness (QED) is 0.167. The number of rotatable bonds is 4. The van der Waals surface area contributed by atoms with Gasteiger partial charge in [-0.1, -0.05) is 158 Å². The van der Waals surface area contributed by atoms with Gasteiger partial charge in [-0.05, 0) is 118 Å². The van der Waals surface area contributed by atoms with Gasteiger partial charge in [0, 0.05) is 32.9 Å². The molecule has 0 unspecified atom stereocenters. The minimum Gasteiger partial charge on any atom is -0.456 e. The number of hydrogen-bond acceptors (Lipinski definition) is 2. The van der Waals surface area contributed by atoms with Crippen molar-refractivity contribution >= 4 is 114 Å². The molecule has 0 saturated carbocycles. The Hall–Kier alpha value is -7.68. The van der Waals surface area contributed by atoms with Gasteiger partial charge in [0.15, 0.2) is 0 Å². The van der Waals surface area contributed by atoms with Crippen LogP contribution >= 0.6 is 0 Å².